The number of fused-ring (bicyclic) bond motifs is 1. The highest BCUT2D eigenvalue weighted by Gasteiger charge is 2.09. The van der Waals surface area contributed by atoms with Gasteiger partial charge < -0.3 is 5.11 Å². The molecule has 3 aromatic rings. The van der Waals surface area contributed by atoms with Gasteiger partial charge >= 0.3 is 0 Å². The predicted molar refractivity (Wildman–Crippen MR) is 93.8 cm³/mol. The van der Waals surface area contributed by atoms with Gasteiger partial charge in [-0.1, -0.05) is 58.4 Å². The third-order valence-electron chi connectivity index (χ3n) is 3.36. The van der Waals surface area contributed by atoms with E-state index in [4.69, 9.17) is 0 Å². The maximum Gasteiger partial charge on any atom is 0.0884 e. The van der Waals surface area contributed by atoms with E-state index in [9.17, 15) is 5.11 Å². The van der Waals surface area contributed by atoms with Gasteiger partial charge in [0.25, 0.3) is 0 Å². The van der Waals surface area contributed by atoms with Crippen molar-refractivity contribution in [2.75, 3.05) is 5.75 Å². The molecule has 1 unspecified atom stereocenters. The number of hydrogen-bond acceptors (Lipinski definition) is 2. The molecule has 0 aliphatic rings. The summed E-state index contributed by atoms with van der Waals surface area (Å²) in [6.45, 7) is 0. The molecule has 0 aliphatic carbocycles. The molecular weight excluding hydrogens is 344 g/mol. The van der Waals surface area contributed by atoms with Gasteiger partial charge in [-0.3, -0.25) is 0 Å². The second kappa shape index (κ2) is 6.65. The highest BCUT2D eigenvalue weighted by atomic mass is 79.9. The summed E-state index contributed by atoms with van der Waals surface area (Å²) in [6, 6.07) is 22.5. The van der Waals surface area contributed by atoms with Crippen LogP contribution in [0.15, 0.2) is 76.1 Å². The summed E-state index contributed by atoms with van der Waals surface area (Å²) < 4.78 is 1.06. The maximum absolute atomic E-state index is 10.4. The van der Waals surface area contributed by atoms with E-state index in [1.54, 1.807) is 11.8 Å². The first-order valence-corrected chi connectivity index (χ1v) is 8.55. The topological polar surface area (TPSA) is 20.2 Å². The van der Waals surface area contributed by atoms with Crippen LogP contribution in [-0.2, 0) is 0 Å². The minimum Gasteiger partial charge on any atom is -0.388 e. The predicted octanol–water partition coefficient (Wildman–Crippen LogP) is 5.43. The van der Waals surface area contributed by atoms with Gasteiger partial charge in [0, 0.05) is 15.1 Å². The zero-order valence-corrected chi connectivity index (χ0v) is 13.8. The number of halogens is 1. The average Bonchev–Trinajstić information content (AvgIpc) is 2.52. The molecule has 3 aromatic carbocycles. The van der Waals surface area contributed by atoms with Crippen LogP contribution in [0.5, 0.6) is 0 Å². The van der Waals surface area contributed by atoms with E-state index in [2.05, 4.69) is 52.3 Å². The summed E-state index contributed by atoms with van der Waals surface area (Å²) in [4.78, 5) is 1.16. The quantitative estimate of drug-likeness (QED) is 0.627. The van der Waals surface area contributed by atoms with Crippen molar-refractivity contribution in [3.63, 3.8) is 0 Å². The third-order valence-corrected chi connectivity index (χ3v) is 4.93. The molecule has 1 atom stereocenters. The van der Waals surface area contributed by atoms with E-state index in [0.29, 0.717) is 5.75 Å². The van der Waals surface area contributed by atoms with Gasteiger partial charge in [0.2, 0.25) is 0 Å². The van der Waals surface area contributed by atoms with Crippen LogP contribution in [0.4, 0.5) is 0 Å². The van der Waals surface area contributed by atoms with Crippen molar-refractivity contribution in [3.8, 4) is 0 Å². The zero-order chi connectivity index (χ0) is 14.7. The summed E-state index contributed by atoms with van der Waals surface area (Å²) in [5.74, 6) is 0.648. The monoisotopic (exact) mass is 358 g/mol. The van der Waals surface area contributed by atoms with Crippen molar-refractivity contribution in [2.24, 2.45) is 0 Å². The van der Waals surface area contributed by atoms with E-state index in [0.717, 1.165) is 14.9 Å². The Balaban J connectivity index is 1.73. The molecule has 0 heterocycles. The Morgan fingerprint density at radius 1 is 0.905 bits per heavy atom. The molecule has 0 fully saturated rings. The first-order valence-electron chi connectivity index (χ1n) is 6.77. The number of aliphatic hydroxyl groups excluding tert-OH is 1. The largest absolute Gasteiger partial charge is 0.388 e. The highest BCUT2D eigenvalue weighted by molar-refractivity contribution is 9.10. The standard InChI is InChI=1S/C18H15BrOS/c19-16-6-3-7-17(11-16)21-12-18(20)15-9-8-13-4-1-2-5-14(13)10-15/h1-11,18,20H,12H2. The van der Waals surface area contributed by atoms with Gasteiger partial charge in [0.15, 0.2) is 0 Å². The first-order chi connectivity index (χ1) is 10.2. The van der Waals surface area contributed by atoms with Crippen molar-refractivity contribution in [1.82, 2.24) is 0 Å². The summed E-state index contributed by atoms with van der Waals surface area (Å²) in [7, 11) is 0. The minimum absolute atomic E-state index is 0.460. The van der Waals surface area contributed by atoms with Crippen molar-refractivity contribution in [2.45, 2.75) is 11.0 Å². The molecule has 0 saturated heterocycles. The van der Waals surface area contributed by atoms with Crippen LogP contribution in [-0.4, -0.2) is 10.9 Å². The fourth-order valence-electron chi connectivity index (χ4n) is 2.24. The van der Waals surface area contributed by atoms with Crippen LogP contribution in [0.2, 0.25) is 0 Å². The van der Waals surface area contributed by atoms with Crippen LogP contribution in [0.1, 0.15) is 11.7 Å². The van der Waals surface area contributed by atoms with Gasteiger partial charge in [0.1, 0.15) is 0 Å². The van der Waals surface area contributed by atoms with Gasteiger partial charge in [-0.15, -0.1) is 11.8 Å². The van der Waals surface area contributed by atoms with Crippen LogP contribution in [0.25, 0.3) is 10.8 Å². The molecule has 106 valence electrons. The number of benzene rings is 3. The Morgan fingerprint density at radius 2 is 1.71 bits per heavy atom. The summed E-state index contributed by atoms with van der Waals surface area (Å²) in [6.07, 6.45) is -0.460. The van der Waals surface area contributed by atoms with Crippen LogP contribution in [0, 0.1) is 0 Å². The number of hydrogen-bond donors (Lipinski definition) is 1. The molecule has 0 saturated carbocycles. The number of thioether (sulfide) groups is 1. The van der Waals surface area contributed by atoms with Gasteiger partial charge in [-0.2, -0.15) is 0 Å². The molecular formula is C18H15BrOS. The molecule has 1 N–H and O–H groups in total. The highest BCUT2D eigenvalue weighted by Crippen LogP contribution is 2.28. The maximum atomic E-state index is 10.4. The van der Waals surface area contributed by atoms with Crippen molar-refractivity contribution >= 4 is 38.5 Å². The molecule has 21 heavy (non-hydrogen) atoms. The Kier molecular flexibility index (Phi) is 4.63. The molecule has 0 amide bonds. The van der Waals surface area contributed by atoms with Gasteiger partial charge in [0.05, 0.1) is 6.10 Å². The van der Waals surface area contributed by atoms with Crippen molar-refractivity contribution in [3.05, 3.63) is 76.8 Å². The molecule has 3 rings (SSSR count). The normalized spacial score (nSPS) is 12.5. The zero-order valence-electron chi connectivity index (χ0n) is 11.4. The Hall–Kier alpha value is -1.29. The lowest BCUT2D eigenvalue weighted by molar-refractivity contribution is 0.204. The van der Waals surface area contributed by atoms with E-state index < -0.39 is 6.10 Å². The van der Waals surface area contributed by atoms with Crippen LogP contribution < -0.4 is 0 Å². The Labute approximate surface area is 137 Å². The minimum atomic E-state index is -0.460. The first kappa shape index (κ1) is 14.6. The van der Waals surface area contributed by atoms with E-state index in [1.165, 1.54) is 10.8 Å². The molecule has 0 spiro atoms. The van der Waals surface area contributed by atoms with Crippen LogP contribution in [0.3, 0.4) is 0 Å². The second-order valence-electron chi connectivity index (χ2n) is 4.89. The lowest BCUT2D eigenvalue weighted by Gasteiger charge is -2.12. The summed E-state index contributed by atoms with van der Waals surface area (Å²) in [5.41, 5.74) is 0.969. The van der Waals surface area contributed by atoms with E-state index in [-0.39, 0.29) is 0 Å². The molecule has 0 radical (unpaired) electrons. The molecule has 0 bridgehead atoms. The van der Waals surface area contributed by atoms with Gasteiger partial charge in [-0.25, -0.2) is 0 Å². The van der Waals surface area contributed by atoms with E-state index >= 15 is 0 Å². The molecule has 3 heteroatoms. The lowest BCUT2D eigenvalue weighted by atomic mass is 10.0. The fraction of sp³-hybridized carbons (Fsp3) is 0.111. The van der Waals surface area contributed by atoms with E-state index in [1.807, 2.05) is 30.3 Å². The third kappa shape index (κ3) is 3.67. The SMILES string of the molecule is OC(CSc1cccc(Br)c1)c1ccc2ccccc2c1. The van der Waals surface area contributed by atoms with Crippen molar-refractivity contribution in [1.29, 1.82) is 0 Å². The number of rotatable bonds is 4. The summed E-state index contributed by atoms with van der Waals surface area (Å²) >= 11 is 5.13. The smallest absolute Gasteiger partial charge is 0.0884 e. The summed E-state index contributed by atoms with van der Waals surface area (Å²) in [5, 5.41) is 12.7. The van der Waals surface area contributed by atoms with Crippen molar-refractivity contribution < 1.29 is 5.11 Å². The molecule has 1 nitrogen and oxygen atoms in total. The molecule has 0 aliphatic heterocycles. The lowest BCUT2D eigenvalue weighted by Crippen LogP contribution is -2.00. The Morgan fingerprint density at radius 3 is 2.52 bits per heavy atom. The van der Waals surface area contributed by atoms with Gasteiger partial charge in [-0.05, 0) is 40.6 Å². The average molecular weight is 359 g/mol. The van der Waals surface area contributed by atoms with Crippen LogP contribution >= 0.6 is 27.7 Å². The second-order valence-corrected chi connectivity index (χ2v) is 6.90. The fourth-order valence-corrected chi connectivity index (χ4v) is 3.72. The number of aliphatic hydroxyl groups is 1. The Bertz CT molecular complexity index is 757. The molecule has 0 aromatic heterocycles.